The quantitative estimate of drug-likeness (QED) is 0.871. The Balaban J connectivity index is 1.82. The molecule has 0 saturated heterocycles. The van der Waals surface area contributed by atoms with Gasteiger partial charge in [-0.3, -0.25) is 4.90 Å². The van der Waals surface area contributed by atoms with Crippen molar-refractivity contribution in [1.29, 1.82) is 0 Å². The number of ether oxygens (including phenoxy) is 1. The number of fused-ring (bicyclic) bond motifs is 1. The van der Waals surface area contributed by atoms with Crippen molar-refractivity contribution in [3.63, 3.8) is 0 Å². The number of rotatable bonds is 4. The molecule has 0 bridgehead atoms. The van der Waals surface area contributed by atoms with Gasteiger partial charge in [0, 0.05) is 37.1 Å². The summed E-state index contributed by atoms with van der Waals surface area (Å²) < 4.78 is 5.48. The highest BCUT2D eigenvalue weighted by atomic mass is 16.5. The predicted molar refractivity (Wildman–Crippen MR) is 82.5 cm³/mol. The standard InChI is InChI=1S/C16H20N4O/c1-2-21-11-20-8-7-13-9-18-16(19-15(13)10-20)12-3-5-14(17)6-4-12/h3-6,9H,2,7-8,10-11,17H2,1H3. The summed E-state index contributed by atoms with van der Waals surface area (Å²) in [5.41, 5.74) is 9.80. The van der Waals surface area contributed by atoms with Crippen molar-refractivity contribution in [2.24, 2.45) is 0 Å². The van der Waals surface area contributed by atoms with Crippen LogP contribution in [0.2, 0.25) is 0 Å². The van der Waals surface area contributed by atoms with E-state index < -0.39 is 0 Å². The summed E-state index contributed by atoms with van der Waals surface area (Å²) in [6.45, 7) is 5.23. The fourth-order valence-electron chi connectivity index (χ4n) is 2.46. The van der Waals surface area contributed by atoms with Crippen molar-refractivity contribution in [3.05, 3.63) is 41.7 Å². The lowest BCUT2D eigenvalue weighted by atomic mass is 10.1. The van der Waals surface area contributed by atoms with Crippen LogP contribution in [0.4, 0.5) is 5.69 Å². The number of nitrogen functional groups attached to an aromatic ring is 1. The summed E-state index contributed by atoms with van der Waals surface area (Å²) in [5, 5.41) is 0. The molecule has 1 aliphatic rings. The summed E-state index contributed by atoms with van der Waals surface area (Å²) in [4.78, 5) is 11.5. The average molecular weight is 284 g/mol. The van der Waals surface area contributed by atoms with Gasteiger partial charge in [0.05, 0.1) is 12.4 Å². The molecule has 0 saturated carbocycles. The minimum atomic E-state index is 0.664. The minimum Gasteiger partial charge on any atom is -0.399 e. The number of hydrogen-bond donors (Lipinski definition) is 1. The van der Waals surface area contributed by atoms with Gasteiger partial charge < -0.3 is 10.5 Å². The van der Waals surface area contributed by atoms with Gasteiger partial charge in [0.25, 0.3) is 0 Å². The Morgan fingerprint density at radius 2 is 2.10 bits per heavy atom. The molecule has 0 amide bonds. The summed E-state index contributed by atoms with van der Waals surface area (Å²) in [7, 11) is 0. The highest BCUT2D eigenvalue weighted by Gasteiger charge is 2.18. The van der Waals surface area contributed by atoms with E-state index in [4.69, 9.17) is 15.5 Å². The molecule has 2 aromatic rings. The Bertz CT molecular complexity index is 612. The molecule has 110 valence electrons. The van der Waals surface area contributed by atoms with Crippen molar-refractivity contribution in [2.75, 3.05) is 25.6 Å². The molecule has 0 radical (unpaired) electrons. The van der Waals surface area contributed by atoms with E-state index in [1.54, 1.807) is 0 Å². The van der Waals surface area contributed by atoms with Gasteiger partial charge >= 0.3 is 0 Å². The Kier molecular flexibility index (Phi) is 4.13. The molecule has 1 aromatic carbocycles. The maximum absolute atomic E-state index is 5.72. The molecule has 5 nitrogen and oxygen atoms in total. The summed E-state index contributed by atoms with van der Waals surface area (Å²) in [6.07, 6.45) is 2.93. The molecule has 21 heavy (non-hydrogen) atoms. The monoisotopic (exact) mass is 284 g/mol. The Morgan fingerprint density at radius 1 is 1.29 bits per heavy atom. The lowest BCUT2D eigenvalue weighted by molar-refractivity contribution is 0.0270. The number of anilines is 1. The summed E-state index contributed by atoms with van der Waals surface area (Å²) in [6, 6.07) is 7.66. The molecule has 0 fully saturated rings. The fraction of sp³-hybridized carbons (Fsp3) is 0.375. The number of hydrogen-bond acceptors (Lipinski definition) is 5. The molecule has 0 atom stereocenters. The van der Waals surface area contributed by atoms with Crippen LogP contribution in [0.25, 0.3) is 11.4 Å². The zero-order chi connectivity index (χ0) is 14.7. The lowest BCUT2D eigenvalue weighted by Gasteiger charge is -2.27. The third-order valence-electron chi connectivity index (χ3n) is 3.67. The zero-order valence-corrected chi connectivity index (χ0v) is 12.2. The van der Waals surface area contributed by atoms with E-state index in [1.807, 2.05) is 37.4 Å². The highest BCUT2D eigenvalue weighted by Crippen LogP contribution is 2.21. The van der Waals surface area contributed by atoms with Gasteiger partial charge in [-0.15, -0.1) is 0 Å². The van der Waals surface area contributed by atoms with Crippen LogP contribution < -0.4 is 5.73 Å². The SMILES string of the molecule is CCOCN1CCc2cnc(-c3ccc(N)cc3)nc2C1. The van der Waals surface area contributed by atoms with Gasteiger partial charge in [-0.2, -0.15) is 0 Å². The van der Waals surface area contributed by atoms with Crippen LogP contribution in [-0.2, 0) is 17.7 Å². The van der Waals surface area contributed by atoms with Gasteiger partial charge in [0.15, 0.2) is 5.82 Å². The summed E-state index contributed by atoms with van der Waals surface area (Å²) >= 11 is 0. The second kappa shape index (κ2) is 6.20. The smallest absolute Gasteiger partial charge is 0.159 e. The van der Waals surface area contributed by atoms with Crippen LogP contribution in [-0.4, -0.2) is 34.8 Å². The first-order valence-electron chi connectivity index (χ1n) is 7.27. The topological polar surface area (TPSA) is 64.3 Å². The van der Waals surface area contributed by atoms with Crippen LogP contribution >= 0.6 is 0 Å². The Morgan fingerprint density at radius 3 is 2.86 bits per heavy atom. The maximum atomic E-state index is 5.72. The second-order valence-electron chi connectivity index (χ2n) is 5.21. The van der Waals surface area contributed by atoms with Crippen LogP contribution in [0.1, 0.15) is 18.2 Å². The first kappa shape index (κ1) is 14.0. The van der Waals surface area contributed by atoms with Crippen LogP contribution in [0.15, 0.2) is 30.5 Å². The van der Waals surface area contributed by atoms with Crippen LogP contribution in [0, 0.1) is 0 Å². The van der Waals surface area contributed by atoms with Crippen LogP contribution in [0.3, 0.4) is 0 Å². The van der Waals surface area contributed by atoms with Crippen molar-refractivity contribution >= 4 is 5.69 Å². The molecule has 1 aliphatic heterocycles. The molecule has 0 aliphatic carbocycles. The second-order valence-corrected chi connectivity index (χ2v) is 5.21. The normalized spacial score (nSPS) is 14.9. The van der Waals surface area contributed by atoms with Gasteiger partial charge in [-0.05, 0) is 43.2 Å². The third-order valence-corrected chi connectivity index (χ3v) is 3.67. The number of aromatic nitrogens is 2. The Hall–Kier alpha value is -1.98. The maximum Gasteiger partial charge on any atom is 0.159 e. The molecule has 2 N–H and O–H groups in total. The molecule has 0 spiro atoms. The molecule has 0 unspecified atom stereocenters. The highest BCUT2D eigenvalue weighted by molar-refractivity contribution is 5.58. The minimum absolute atomic E-state index is 0.664. The van der Waals surface area contributed by atoms with E-state index in [2.05, 4.69) is 9.88 Å². The van der Waals surface area contributed by atoms with Gasteiger partial charge in [-0.25, -0.2) is 9.97 Å². The molecular formula is C16H20N4O. The number of nitrogens with two attached hydrogens (primary N) is 1. The average Bonchev–Trinajstić information content (AvgIpc) is 2.53. The lowest BCUT2D eigenvalue weighted by Crippen LogP contribution is -2.33. The van der Waals surface area contributed by atoms with Crippen molar-refractivity contribution in [3.8, 4) is 11.4 Å². The predicted octanol–water partition coefficient (Wildman–Crippen LogP) is 2.08. The Labute approximate surface area is 124 Å². The van der Waals surface area contributed by atoms with E-state index in [0.717, 1.165) is 48.9 Å². The fourth-order valence-corrected chi connectivity index (χ4v) is 2.46. The zero-order valence-electron chi connectivity index (χ0n) is 12.2. The molecule has 1 aromatic heterocycles. The van der Waals surface area contributed by atoms with Gasteiger partial charge in [0.2, 0.25) is 0 Å². The van der Waals surface area contributed by atoms with E-state index in [-0.39, 0.29) is 0 Å². The molecule has 2 heterocycles. The van der Waals surface area contributed by atoms with Crippen molar-refractivity contribution in [2.45, 2.75) is 19.9 Å². The van der Waals surface area contributed by atoms with Crippen molar-refractivity contribution in [1.82, 2.24) is 14.9 Å². The van der Waals surface area contributed by atoms with E-state index in [9.17, 15) is 0 Å². The first-order chi connectivity index (χ1) is 10.3. The largest absolute Gasteiger partial charge is 0.399 e. The summed E-state index contributed by atoms with van der Waals surface area (Å²) in [5.74, 6) is 0.756. The molecule has 5 heteroatoms. The number of benzene rings is 1. The van der Waals surface area contributed by atoms with Crippen LogP contribution in [0.5, 0.6) is 0 Å². The molecular weight excluding hydrogens is 264 g/mol. The van der Waals surface area contributed by atoms with E-state index >= 15 is 0 Å². The number of nitrogens with zero attached hydrogens (tertiary/aromatic N) is 3. The van der Waals surface area contributed by atoms with Gasteiger partial charge in [-0.1, -0.05) is 0 Å². The van der Waals surface area contributed by atoms with E-state index in [0.29, 0.717) is 6.73 Å². The van der Waals surface area contributed by atoms with Gasteiger partial charge in [0.1, 0.15) is 0 Å². The van der Waals surface area contributed by atoms with E-state index in [1.165, 1.54) is 5.56 Å². The first-order valence-corrected chi connectivity index (χ1v) is 7.27. The third kappa shape index (κ3) is 3.20. The molecule has 3 rings (SSSR count). The van der Waals surface area contributed by atoms with Crippen molar-refractivity contribution < 1.29 is 4.74 Å².